The van der Waals surface area contributed by atoms with Gasteiger partial charge in [0.05, 0.1) is 44.1 Å². The number of esters is 2. The number of rotatable bonds is 9. The molecule has 0 saturated heterocycles. The lowest BCUT2D eigenvalue weighted by Gasteiger charge is -2.25. The monoisotopic (exact) mass is 368 g/mol. The van der Waals surface area contributed by atoms with Gasteiger partial charge in [-0.1, -0.05) is 12.2 Å². The molecule has 0 N–H and O–H groups in total. The third-order valence-electron chi connectivity index (χ3n) is 3.94. The summed E-state index contributed by atoms with van der Waals surface area (Å²) in [6.45, 7) is 7.18. The van der Waals surface area contributed by atoms with Crippen molar-refractivity contribution in [2.75, 3.05) is 14.2 Å². The van der Waals surface area contributed by atoms with Crippen molar-refractivity contribution in [1.29, 1.82) is 10.5 Å². The molecule has 0 aliphatic carbocycles. The van der Waals surface area contributed by atoms with Crippen molar-refractivity contribution in [2.24, 2.45) is 11.3 Å². The molecule has 0 aliphatic rings. The Bertz CT molecular complexity index is 808. The van der Waals surface area contributed by atoms with Gasteiger partial charge in [-0.05, 0) is 18.6 Å². The molecule has 1 unspecified atom stereocenters. The number of nitrogens with zero attached hydrogens (tertiary/aromatic N) is 2. The number of ether oxygens (including phenoxy) is 2. The predicted octanol–water partition coefficient (Wildman–Crippen LogP) is 3.18. The minimum Gasteiger partial charge on any atom is -0.469 e. The summed E-state index contributed by atoms with van der Waals surface area (Å²) < 4.78 is 15.0. The topological polar surface area (TPSA) is 113 Å². The molecule has 1 heterocycles. The van der Waals surface area contributed by atoms with Crippen molar-refractivity contribution in [3.8, 4) is 12.1 Å². The van der Waals surface area contributed by atoms with Crippen LogP contribution >= 0.6 is 0 Å². The maximum atomic E-state index is 12.7. The highest BCUT2D eigenvalue weighted by Gasteiger charge is 2.44. The van der Waals surface area contributed by atoms with E-state index in [4.69, 9.17) is 13.9 Å². The van der Waals surface area contributed by atoms with Crippen molar-refractivity contribution in [1.82, 2.24) is 0 Å². The van der Waals surface area contributed by atoms with Crippen molar-refractivity contribution < 1.29 is 23.5 Å². The van der Waals surface area contributed by atoms with Crippen LogP contribution in [0.2, 0.25) is 0 Å². The fourth-order valence-corrected chi connectivity index (χ4v) is 2.71. The Morgan fingerprint density at radius 1 is 1.26 bits per heavy atom. The number of allylic oxidation sites excluding steroid dienone is 3. The molecule has 0 saturated carbocycles. The van der Waals surface area contributed by atoms with E-state index in [9.17, 15) is 20.1 Å². The number of methoxy groups -OCH3 is 2. The smallest absolute Gasteiger partial charge is 0.335 e. The van der Waals surface area contributed by atoms with E-state index >= 15 is 0 Å². The van der Waals surface area contributed by atoms with Crippen LogP contribution in [0, 0.1) is 34.0 Å². The summed E-state index contributed by atoms with van der Waals surface area (Å²) in [4.78, 5) is 25.0. The molecule has 1 aromatic rings. The SMILES string of the molecule is C=CCC(C(=O)OC)/C(C(=O)OC)=C(\c1ccco1)C(C#N)(C#N)CC=C. The van der Waals surface area contributed by atoms with Gasteiger partial charge in [0.2, 0.25) is 0 Å². The Hall–Kier alpha value is -3.58. The zero-order valence-electron chi connectivity index (χ0n) is 15.2. The number of carbonyl (C=O) groups excluding carboxylic acids is 2. The van der Waals surface area contributed by atoms with E-state index in [-0.39, 0.29) is 29.7 Å². The first-order valence-corrected chi connectivity index (χ1v) is 7.95. The summed E-state index contributed by atoms with van der Waals surface area (Å²) >= 11 is 0. The minimum atomic E-state index is -1.82. The lowest BCUT2D eigenvalue weighted by molar-refractivity contribution is -0.147. The summed E-state index contributed by atoms with van der Waals surface area (Å²) in [5, 5.41) is 19.6. The van der Waals surface area contributed by atoms with Gasteiger partial charge < -0.3 is 13.9 Å². The van der Waals surface area contributed by atoms with E-state index in [1.54, 1.807) is 0 Å². The Kier molecular flexibility index (Phi) is 7.78. The van der Waals surface area contributed by atoms with E-state index in [0.29, 0.717) is 0 Å². The standard InChI is InChI=1S/C20H20N2O5/c1-5-8-14(18(23)25-3)16(19(24)26-4)17(15-9-7-11-27-15)20(12-21,13-22)10-6-2/h5-7,9,11,14H,1-2,8,10H2,3-4H3/b17-16-. The van der Waals surface area contributed by atoms with E-state index in [2.05, 4.69) is 13.2 Å². The van der Waals surface area contributed by atoms with Gasteiger partial charge in [0.15, 0.2) is 5.41 Å². The summed E-state index contributed by atoms with van der Waals surface area (Å²) in [6, 6.07) is 6.90. The first-order valence-electron chi connectivity index (χ1n) is 7.95. The van der Waals surface area contributed by atoms with Crippen LogP contribution in [-0.4, -0.2) is 26.2 Å². The highest BCUT2D eigenvalue weighted by atomic mass is 16.5. The third kappa shape index (κ3) is 4.34. The zero-order chi connectivity index (χ0) is 20.4. The fourth-order valence-electron chi connectivity index (χ4n) is 2.71. The number of carbonyl (C=O) groups is 2. The van der Waals surface area contributed by atoms with Crippen molar-refractivity contribution in [3.05, 3.63) is 55.0 Å². The molecule has 0 aromatic carbocycles. The Balaban J connectivity index is 4.04. The van der Waals surface area contributed by atoms with Crippen LogP contribution in [-0.2, 0) is 19.1 Å². The number of hydrogen-bond acceptors (Lipinski definition) is 7. The van der Waals surface area contributed by atoms with Gasteiger partial charge in [-0.2, -0.15) is 10.5 Å². The van der Waals surface area contributed by atoms with Gasteiger partial charge in [-0.15, -0.1) is 13.2 Å². The van der Waals surface area contributed by atoms with E-state index < -0.39 is 23.3 Å². The molecule has 27 heavy (non-hydrogen) atoms. The summed E-state index contributed by atoms with van der Waals surface area (Å²) in [7, 11) is 2.31. The molecule has 0 fully saturated rings. The average Bonchev–Trinajstić information content (AvgIpc) is 3.22. The van der Waals surface area contributed by atoms with Gasteiger partial charge in [0, 0.05) is 12.0 Å². The average molecular weight is 368 g/mol. The van der Waals surface area contributed by atoms with E-state index in [1.807, 2.05) is 12.1 Å². The normalized spacial score (nSPS) is 12.6. The molecule has 140 valence electrons. The van der Waals surface area contributed by atoms with E-state index in [1.165, 1.54) is 37.7 Å². The van der Waals surface area contributed by atoms with Gasteiger partial charge >= 0.3 is 11.9 Å². The maximum absolute atomic E-state index is 12.7. The minimum absolute atomic E-state index is 0.0301. The van der Waals surface area contributed by atoms with Crippen LogP contribution in [0.15, 0.2) is 53.7 Å². The van der Waals surface area contributed by atoms with Crippen LogP contribution in [0.5, 0.6) is 0 Å². The highest BCUT2D eigenvalue weighted by Crippen LogP contribution is 2.43. The van der Waals surface area contributed by atoms with Crippen LogP contribution < -0.4 is 0 Å². The Morgan fingerprint density at radius 3 is 2.33 bits per heavy atom. The second-order valence-corrected chi connectivity index (χ2v) is 5.48. The molecule has 0 spiro atoms. The highest BCUT2D eigenvalue weighted by molar-refractivity contribution is 6.04. The molecule has 0 aliphatic heterocycles. The molecule has 1 aromatic heterocycles. The maximum Gasteiger partial charge on any atom is 0.335 e. The largest absolute Gasteiger partial charge is 0.469 e. The first-order chi connectivity index (χ1) is 13.0. The van der Waals surface area contributed by atoms with Crippen molar-refractivity contribution in [2.45, 2.75) is 12.8 Å². The number of hydrogen-bond donors (Lipinski definition) is 0. The molecule has 7 nitrogen and oxygen atoms in total. The molecule has 1 rings (SSSR count). The van der Waals surface area contributed by atoms with Crippen molar-refractivity contribution >= 4 is 17.5 Å². The molecule has 0 amide bonds. The molecule has 7 heteroatoms. The van der Waals surface area contributed by atoms with Crippen LogP contribution in [0.3, 0.4) is 0 Å². The van der Waals surface area contributed by atoms with Gasteiger partial charge in [-0.25, -0.2) is 4.79 Å². The molecular weight excluding hydrogens is 348 g/mol. The summed E-state index contributed by atoms with van der Waals surface area (Å²) in [5.74, 6) is -2.65. The molecule has 1 atom stereocenters. The van der Waals surface area contributed by atoms with Crippen molar-refractivity contribution in [3.63, 3.8) is 0 Å². The third-order valence-corrected chi connectivity index (χ3v) is 3.94. The lowest BCUT2D eigenvalue weighted by Crippen LogP contribution is -2.29. The quantitative estimate of drug-likeness (QED) is 0.373. The Labute approximate surface area is 157 Å². The second kappa shape index (κ2) is 9.79. The van der Waals surface area contributed by atoms with E-state index in [0.717, 1.165) is 7.11 Å². The summed E-state index contributed by atoms with van der Waals surface area (Å²) in [6.07, 6.45) is 4.07. The van der Waals surface area contributed by atoms with Crippen LogP contribution in [0.1, 0.15) is 18.6 Å². The lowest BCUT2D eigenvalue weighted by atomic mass is 9.73. The predicted molar refractivity (Wildman–Crippen MR) is 96.4 cm³/mol. The zero-order valence-corrected chi connectivity index (χ0v) is 15.2. The molecular formula is C20H20N2O5. The van der Waals surface area contributed by atoms with Crippen LogP contribution in [0.25, 0.3) is 5.57 Å². The fraction of sp³-hybridized carbons (Fsp3) is 0.300. The van der Waals surface area contributed by atoms with Gasteiger partial charge in [0.25, 0.3) is 0 Å². The van der Waals surface area contributed by atoms with Gasteiger partial charge in [-0.3, -0.25) is 4.79 Å². The first kappa shape index (κ1) is 21.5. The second-order valence-electron chi connectivity index (χ2n) is 5.48. The Morgan fingerprint density at radius 2 is 1.93 bits per heavy atom. The molecule has 0 radical (unpaired) electrons. The number of nitriles is 2. The number of furan rings is 1. The van der Waals surface area contributed by atoms with Crippen LogP contribution in [0.4, 0.5) is 0 Å². The summed E-state index contributed by atoms with van der Waals surface area (Å²) in [5.41, 5.74) is -2.07. The molecule has 0 bridgehead atoms. The van der Waals surface area contributed by atoms with Gasteiger partial charge in [0.1, 0.15) is 5.76 Å².